The molecule has 0 fully saturated rings. The molecule has 0 amide bonds. The minimum absolute atomic E-state index is 0.103. The van der Waals surface area contributed by atoms with Crippen molar-refractivity contribution in [3.63, 3.8) is 0 Å². The Kier molecular flexibility index (Phi) is 4.57. The quantitative estimate of drug-likeness (QED) is 0.588. The molecule has 2 rings (SSSR count). The van der Waals surface area contributed by atoms with Crippen LogP contribution in [0.2, 0.25) is 5.02 Å². The highest BCUT2D eigenvalue weighted by molar-refractivity contribution is 6.30. The van der Waals surface area contributed by atoms with E-state index in [0.29, 0.717) is 22.2 Å². The maximum absolute atomic E-state index is 5.95. The highest BCUT2D eigenvalue weighted by atomic mass is 35.5. The van der Waals surface area contributed by atoms with Gasteiger partial charge in [-0.05, 0) is 30.3 Å². The Balaban J connectivity index is 2.36. The van der Waals surface area contributed by atoms with Crippen molar-refractivity contribution in [1.29, 1.82) is 0 Å². The van der Waals surface area contributed by atoms with Crippen LogP contribution >= 0.6 is 11.6 Å². The van der Waals surface area contributed by atoms with Crippen molar-refractivity contribution in [2.75, 3.05) is 0 Å². The van der Waals surface area contributed by atoms with E-state index in [0.717, 1.165) is 0 Å². The molecule has 21 heavy (non-hydrogen) atoms. The summed E-state index contributed by atoms with van der Waals surface area (Å²) < 4.78 is 5.68. The Morgan fingerprint density at radius 2 is 2.00 bits per heavy atom. The van der Waals surface area contributed by atoms with Crippen molar-refractivity contribution in [2.45, 2.75) is 0 Å². The zero-order valence-corrected chi connectivity index (χ0v) is 11.7. The van der Waals surface area contributed by atoms with Crippen molar-refractivity contribution in [2.24, 2.45) is 27.2 Å². The summed E-state index contributed by atoms with van der Waals surface area (Å²) in [6.07, 6.45) is 3.21. The number of hydrogen-bond acceptors (Lipinski definition) is 3. The van der Waals surface area contributed by atoms with E-state index in [1.165, 1.54) is 0 Å². The summed E-state index contributed by atoms with van der Waals surface area (Å²) in [7, 11) is 0. The Hall–Kier alpha value is -2.80. The molecule has 0 saturated carbocycles. The number of pyridine rings is 1. The van der Waals surface area contributed by atoms with Gasteiger partial charge in [-0.2, -0.15) is 4.99 Å². The highest BCUT2D eigenvalue weighted by Crippen LogP contribution is 2.33. The average Bonchev–Trinajstić information content (AvgIpc) is 2.42. The Bertz CT molecular complexity index is 682. The number of ether oxygens (including phenoxy) is 1. The van der Waals surface area contributed by atoms with Crippen LogP contribution in [0.3, 0.4) is 0 Å². The van der Waals surface area contributed by atoms with Gasteiger partial charge in [-0.25, -0.2) is 4.99 Å². The van der Waals surface area contributed by atoms with Gasteiger partial charge in [0.25, 0.3) is 0 Å². The Labute approximate surface area is 126 Å². The lowest BCUT2D eigenvalue weighted by Gasteiger charge is -2.08. The first kappa shape index (κ1) is 14.6. The third kappa shape index (κ3) is 4.36. The molecule has 7 nitrogen and oxygen atoms in total. The SMILES string of the molecule is NC(N)=NC(N)=Nc1cc(Cl)ccc1Oc1cccnc1. The normalized spacial score (nSPS) is 11.0. The summed E-state index contributed by atoms with van der Waals surface area (Å²) >= 11 is 5.95. The van der Waals surface area contributed by atoms with Gasteiger partial charge >= 0.3 is 0 Å². The topological polar surface area (TPSA) is 125 Å². The van der Waals surface area contributed by atoms with E-state index >= 15 is 0 Å². The van der Waals surface area contributed by atoms with Crippen molar-refractivity contribution >= 4 is 29.2 Å². The third-order valence-electron chi connectivity index (χ3n) is 2.26. The Morgan fingerprint density at radius 1 is 1.19 bits per heavy atom. The number of rotatable bonds is 3. The van der Waals surface area contributed by atoms with Gasteiger partial charge in [0.05, 0.1) is 6.20 Å². The number of benzene rings is 1. The average molecular weight is 305 g/mol. The number of nitrogens with zero attached hydrogens (tertiary/aromatic N) is 3. The van der Waals surface area contributed by atoms with Gasteiger partial charge < -0.3 is 21.9 Å². The van der Waals surface area contributed by atoms with Crippen molar-refractivity contribution < 1.29 is 4.74 Å². The molecule has 6 N–H and O–H groups in total. The van der Waals surface area contributed by atoms with Crippen molar-refractivity contribution in [3.8, 4) is 11.5 Å². The number of guanidine groups is 2. The second kappa shape index (κ2) is 6.58. The fourth-order valence-corrected chi connectivity index (χ4v) is 1.65. The van der Waals surface area contributed by atoms with Crippen LogP contribution in [0.4, 0.5) is 5.69 Å². The molecule has 0 saturated heterocycles. The minimum atomic E-state index is -0.187. The van der Waals surface area contributed by atoms with E-state index in [4.69, 9.17) is 33.5 Å². The van der Waals surface area contributed by atoms with Gasteiger partial charge in [0, 0.05) is 11.2 Å². The van der Waals surface area contributed by atoms with Crippen LogP contribution in [-0.2, 0) is 0 Å². The van der Waals surface area contributed by atoms with Crippen molar-refractivity contribution in [3.05, 3.63) is 47.7 Å². The molecule has 108 valence electrons. The van der Waals surface area contributed by atoms with Crippen LogP contribution in [0.15, 0.2) is 52.7 Å². The fourth-order valence-electron chi connectivity index (χ4n) is 1.48. The van der Waals surface area contributed by atoms with Gasteiger partial charge in [0.2, 0.25) is 5.96 Å². The molecule has 0 atom stereocenters. The zero-order chi connectivity index (χ0) is 15.2. The molecule has 0 bridgehead atoms. The second-order valence-corrected chi connectivity index (χ2v) is 4.35. The largest absolute Gasteiger partial charge is 0.453 e. The first-order valence-corrected chi connectivity index (χ1v) is 6.23. The molecule has 0 aliphatic carbocycles. The van der Waals surface area contributed by atoms with Crippen LogP contribution in [-0.4, -0.2) is 16.9 Å². The number of hydrogen-bond donors (Lipinski definition) is 3. The first-order valence-electron chi connectivity index (χ1n) is 5.86. The minimum Gasteiger partial charge on any atom is -0.453 e. The molecule has 2 aromatic rings. The molecule has 0 unspecified atom stereocenters. The summed E-state index contributed by atoms with van der Waals surface area (Å²) in [6, 6.07) is 8.43. The summed E-state index contributed by atoms with van der Waals surface area (Å²) in [4.78, 5) is 11.7. The second-order valence-electron chi connectivity index (χ2n) is 3.91. The summed E-state index contributed by atoms with van der Waals surface area (Å²) in [6.45, 7) is 0. The van der Waals surface area contributed by atoms with Gasteiger partial charge in [-0.1, -0.05) is 11.6 Å². The zero-order valence-electron chi connectivity index (χ0n) is 10.9. The van der Waals surface area contributed by atoms with E-state index in [1.54, 1.807) is 42.7 Å². The lowest BCUT2D eigenvalue weighted by Crippen LogP contribution is -2.26. The van der Waals surface area contributed by atoms with E-state index < -0.39 is 0 Å². The fraction of sp³-hybridized carbons (Fsp3) is 0. The molecular weight excluding hydrogens is 292 g/mol. The number of aliphatic imine (C=N–C) groups is 2. The van der Waals surface area contributed by atoms with Gasteiger partial charge in [-0.15, -0.1) is 0 Å². The van der Waals surface area contributed by atoms with E-state index in [-0.39, 0.29) is 11.9 Å². The smallest absolute Gasteiger partial charge is 0.223 e. The van der Waals surface area contributed by atoms with Crippen LogP contribution in [0.5, 0.6) is 11.5 Å². The summed E-state index contributed by atoms with van der Waals surface area (Å²) in [5.74, 6) is 0.708. The van der Waals surface area contributed by atoms with E-state index in [2.05, 4.69) is 15.0 Å². The van der Waals surface area contributed by atoms with Crippen LogP contribution in [0, 0.1) is 0 Å². The molecule has 1 aromatic heterocycles. The molecule has 0 spiro atoms. The standard InChI is InChI=1S/C13H13ClN6O/c14-8-3-4-11(21-9-2-1-5-18-7-9)10(6-8)19-13(17)20-12(15)16/h1-7H,(H6,15,16,17,19,20). The highest BCUT2D eigenvalue weighted by Gasteiger charge is 2.06. The third-order valence-corrected chi connectivity index (χ3v) is 2.50. The lowest BCUT2D eigenvalue weighted by molar-refractivity contribution is 0.481. The van der Waals surface area contributed by atoms with E-state index in [9.17, 15) is 0 Å². The van der Waals surface area contributed by atoms with Gasteiger partial charge in [0.15, 0.2) is 11.7 Å². The van der Waals surface area contributed by atoms with Crippen molar-refractivity contribution in [1.82, 2.24) is 4.98 Å². The molecular formula is C13H13ClN6O. The maximum atomic E-state index is 5.95. The number of aromatic nitrogens is 1. The molecule has 0 aliphatic rings. The molecule has 1 heterocycles. The van der Waals surface area contributed by atoms with E-state index in [1.807, 2.05) is 0 Å². The predicted octanol–water partition coefficient (Wildman–Crippen LogP) is 1.75. The molecule has 8 heteroatoms. The van der Waals surface area contributed by atoms with Crippen LogP contribution in [0.25, 0.3) is 0 Å². The monoisotopic (exact) mass is 304 g/mol. The van der Waals surface area contributed by atoms with Gasteiger partial charge in [0.1, 0.15) is 11.4 Å². The Morgan fingerprint density at radius 3 is 2.67 bits per heavy atom. The maximum Gasteiger partial charge on any atom is 0.223 e. The molecule has 0 radical (unpaired) electrons. The molecule has 1 aromatic carbocycles. The van der Waals surface area contributed by atoms with Crippen LogP contribution in [0.1, 0.15) is 0 Å². The first-order chi connectivity index (χ1) is 10.0. The number of nitrogens with two attached hydrogens (primary N) is 3. The number of halogens is 1. The predicted molar refractivity (Wildman–Crippen MR) is 82.9 cm³/mol. The molecule has 0 aliphatic heterocycles. The lowest BCUT2D eigenvalue weighted by atomic mass is 10.3. The van der Waals surface area contributed by atoms with Gasteiger partial charge in [-0.3, -0.25) is 4.98 Å². The van der Waals surface area contributed by atoms with Crippen LogP contribution < -0.4 is 21.9 Å². The summed E-state index contributed by atoms with van der Waals surface area (Å²) in [5.41, 5.74) is 16.5. The summed E-state index contributed by atoms with van der Waals surface area (Å²) in [5, 5.41) is 0.477.